The van der Waals surface area contributed by atoms with Crippen LogP contribution >= 0.6 is 0 Å². The van der Waals surface area contributed by atoms with Crippen molar-refractivity contribution in [2.45, 2.75) is 6.42 Å². The van der Waals surface area contributed by atoms with Gasteiger partial charge in [-0.15, -0.1) is 0 Å². The topological polar surface area (TPSA) is 87.0 Å². The van der Waals surface area contributed by atoms with E-state index in [4.69, 9.17) is 9.84 Å². The molecule has 0 radical (unpaired) electrons. The molecule has 0 amide bonds. The van der Waals surface area contributed by atoms with Gasteiger partial charge in [0.2, 0.25) is 0 Å². The number of aromatic hydroxyl groups is 3. The number of phenolic OH excluding ortho intramolecular Hbond substituents is 3. The number of carbonyl (C=O) groups is 1. The van der Waals surface area contributed by atoms with E-state index >= 15 is 0 Å². The lowest BCUT2D eigenvalue weighted by molar-refractivity contribution is 0.0508. The summed E-state index contributed by atoms with van der Waals surface area (Å²) in [5, 5.41) is 27.7. The van der Waals surface area contributed by atoms with Crippen molar-refractivity contribution >= 4 is 5.97 Å². The Balaban J connectivity index is 1.90. The summed E-state index contributed by atoms with van der Waals surface area (Å²) < 4.78 is 5.05. The van der Waals surface area contributed by atoms with Gasteiger partial charge in [0.1, 0.15) is 17.2 Å². The van der Waals surface area contributed by atoms with Gasteiger partial charge in [-0.3, -0.25) is 0 Å². The van der Waals surface area contributed by atoms with E-state index in [0.717, 1.165) is 11.6 Å². The number of benzene rings is 2. The van der Waals surface area contributed by atoms with Crippen molar-refractivity contribution in [1.82, 2.24) is 0 Å². The third-order valence-electron chi connectivity index (χ3n) is 2.70. The summed E-state index contributed by atoms with van der Waals surface area (Å²) in [7, 11) is 0. The first-order chi connectivity index (χ1) is 9.54. The minimum absolute atomic E-state index is 0.0909. The van der Waals surface area contributed by atoms with Gasteiger partial charge in [-0.1, -0.05) is 12.1 Å². The Hall–Kier alpha value is -2.69. The van der Waals surface area contributed by atoms with Gasteiger partial charge < -0.3 is 20.1 Å². The Morgan fingerprint density at radius 3 is 2.10 bits per heavy atom. The molecule has 104 valence electrons. The Morgan fingerprint density at radius 1 is 0.900 bits per heavy atom. The van der Waals surface area contributed by atoms with Crippen LogP contribution in [0.3, 0.4) is 0 Å². The summed E-state index contributed by atoms with van der Waals surface area (Å²) in [5.41, 5.74) is 1.02. The number of hydrogen-bond acceptors (Lipinski definition) is 5. The molecule has 0 aliphatic rings. The minimum Gasteiger partial charge on any atom is -0.508 e. The minimum atomic E-state index is -0.616. The monoisotopic (exact) mass is 274 g/mol. The molecule has 0 spiro atoms. The lowest BCUT2D eigenvalue weighted by Crippen LogP contribution is -2.08. The molecule has 0 aliphatic carbocycles. The Kier molecular flexibility index (Phi) is 4.10. The molecule has 5 nitrogen and oxygen atoms in total. The van der Waals surface area contributed by atoms with E-state index < -0.39 is 5.97 Å². The fraction of sp³-hybridized carbons (Fsp3) is 0.133. The first-order valence-electron chi connectivity index (χ1n) is 6.02. The first kappa shape index (κ1) is 13.7. The molecule has 0 unspecified atom stereocenters. The van der Waals surface area contributed by atoms with Crippen molar-refractivity contribution in [2.24, 2.45) is 0 Å². The second-order valence-corrected chi connectivity index (χ2v) is 4.29. The lowest BCUT2D eigenvalue weighted by atomic mass is 10.1. The molecule has 3 N–H and O–H groups in total. The van der Waals surface area contributed by atoms with Crippen molar-refractivity contribution < 1.29 is 24.9 Å². The molecule has 0 aromatic heterocycles. The van der Waals surface area contributed by atoms with Gasteiger partial charge in [0, 0.05) is 12.5 Å². The summed E-state index contributed by atoms with van der Waals surface area (Å²) in [6.07, 6.45) is 0.511. The third kappa shape index (κ3) is 3.65. The molecule has 0 atom stereocenters. The SMILES string of the molecule is O=C(OCCc1ccc(O)cc1)c1cc(O)cc(O)c1. The van der Waals surface area contributed by atoms with Crippen LogP contribution in [0.25, 0.3) is 0 Å². The van der Waals surface area contributed by atoms with Crippen LogP contribution < -0.4 is 0 Å². The summed E-state index contributed by atoms with van der Waals surface area (Å²) >= 11 is 0. The van der Waals surface area contributed by atoms with Crippen LogP contribution in [-0.2, 0) is 11.2 Å². The molecule has 0 fully saturated rings. The van der Waals surface area contributed by atoms with E-state index in [9.17, 15) is 15.0 Å². The molecule has 0 saturated heterocycles. The van der Waals surface area contributed by atoms with Crippen LogP contribution in [0.4, 0.5) is 0 Å². The molecule has 0 bridgehead atoms. The number of ether oxygens (including phenoxy) is 1. The molecule has 2 rings (SSSR count). The fourth-order valence-electron chi connectivity index (χ4n) is 1.72. The first-order valence-corrected chi connectivity index (χ1v) is 6.02. The molecule has 0 saturated carbocycles. The van der Waals surface area contributed by atoms with Crippen molar-refractivity contribution in [2.75, 3.05) is 6.61 Å². The van der Waals surface area contributed by atoms with Crippen molar-refractivity contribution in [1.29, 1.82) is 0 Å². The van der Waals surface area contributed by atoms with E-state index in [1.165, 1.54) is 12.1 Å². The highest BCUT2D eigenvalue weighted by Crippen LogP contribution is 2.21. The maximum atomic E-state index is 11.7. The van der Waals surface area contributed by atoms with Crippen molar-refractivity contribution in [3.05, 3.63) is 53.6 Å². The Labute approximate surface area is 115 Å². The van der Waals surface area contributed by atoms with E-state index in [0.29, 0.717) is 6.42 Å². The maximum absolute atomic E-state index is 11.7. The zero-order valence-corrected chi connectivity index (χ0v) is 10.6. The van der Waals surface area contributed by atoms with Crippen LogP contribution in [0.5, 0.6) is 17.2 Å². The standard InChI is InChI=1S/C15H14O5/c16-12-3-1-10(2-4-12)5-6-20-15(19)11-7-13(17)9-14(18)8-11/h1-4,7-9,16-18H,5-6H2. The average molecular weight is 274 g/mol. The van der Waals surface area contributed by atoms with E-state index in [2.05, 4.69) is 0 Å². The predicted octanol–water partition coefficient (Wildman–Crippen LogP) is 2.20. The molecule has 2 aromatic carbocycles. The van der Waals surface area contributed by atoms with Crippen LogP contribution in [0.2, 0.25) is 0 Å². The highest BCUT2D eigenvalue weighted by Gasteiger charge is 2.09. The molecule has 2 aromatic rings. The van der Waals surface area contributed by atoms with Gasteiger partial charge in [-0.2, -0.15) is 0 Å². The lowest BCUT2D eigenvalue weighted by Gasteiger charge is -2.06. The summed E-state index contributed by atoms with van der Waals surface area (Å²) in [4.78, 5) is 11.7. The fourth-order valence-corrected chi connectivity index (χ4v) is 1.72. The highest BCUT2D eigenvalue weighted by atomic mass is 16.5. The molecule has 20 heavy (non-hydrogen) atoms. The Morgan fingerprint density at radius 2 is 1.50 bits per heavy atom. The number of esters is 1. The van der Waals surface area contributed by atoms with E-state index in [1.54, 1.807) is 24.3 Å². The van der Waals surface area contributed by atoms with E-state index in [-0.39, 0.29) is 29.4 Å². The number of phenols is 3. The number of rotatable bonds is 4. The van der Waals surface area contributed by atoms with Gasteiger partial charge in [0.15, 0.2) is 0 Å². The molecular weight excluding hydrogens is 260 g/mol. The second kappa shape index (κ2) is 5.97. The molecule has 5 heteroatoms. The van der Waals surface area contributed by atoms with E-state index in [1.807, 2.05) is 0 Å². The van der Waals surface area contributed by atoms with Crippen LogP contribution in [0.1, 0.15) is 15.9 Å². The molecule has 0 heterocycles. The third-order valence-corrected chi connectivity index (χ3v) is 2.70. The Bertz CT molecular complexity index is 584. The zero-order valence-electron chi connectivity index (χ0n) is 10.6. The maximum Gasteiger partial charge on any atom is 0.338 e. The van der Waals surface area contributed by atoms with Crippen molar-refractivity contribution in [3.63, 3.8) is 0 Å². The largest absolute Gasteiger partial charge is 0.508 e. The van der Waals surface area contributed by atoms with Crippen LogP contribution in [-0.4, -0.2) is 27.9 Å². The second-order valence-electron chi connectivity index (χ2n) is 4.29. The number of carbonyl (C=O) groups excluding carboxylic acids is 1. The van der Waals surface area contributed by atoms with Crippen molar-refractivity contribution in [3.8, 4) is 17.2 Å². The zero-order chi connectivity index (χ0) is 14.5. The van der Waals surface area contributed by atoms with Gasteiger partial charge >= 0.3 is 5.97 Å². The van der Waals surface area contributed by atoms with Crippen LogP contribution in [0, 0.1) is 0 Å². The smallest absolute Gasteiger partial charge is 0.338 e. The number of hydrogen-bond donors (Lipinski definition) is 3. The highest BCUT2D eigenvalue weighted by molar-refractivity contribution is 5.90. The summed E-state index contributed by atoms with van der Waals surface area (Å²) in [6, 6.07) is 10.2. The van der Waals surface area contributed by atoms with Gasteiger partial charge in [0.05, 0.1) is 12.2 Å². The van der Waals surface area contributed by atoms with Gasteiger partial charge in [-0.25, -0.2) is 4.79 Å². The summed E-state index contributed by atoms with van der Waals surface area (Å²) in [5.74, 6) is -0.832. The van der Waals surface area contributed by atoms with Gasteiger partial charge in [-0.05, 0) is 29.8 Å². The molecular formula is C15H14O5. The average Bonchev–Trinajstić information content (AvgIpc) is 2.40. The quantitative estimate of drug-likeness (QED) is 0.744. The van der Waals surface area contributed by atoms with Crippen LogP contribution in [0.15, 0.2) is 42.5 Å². The normalized spacial score (nSPS) is 10.2. The molecule has 0 aliphatic heterocycles. The summed E-state index contributed by atoms with van der Waals surface area (Å²) in [6.45, 7) is 0.167. The van der Waals surface area contributed by atoms with Gasteiger partial charge in [0.25, 0.3) is 0 Å². The predicted molar refractivity (Wildman–Crippen MR) is 71.9 cm³/mol.